The van der Waals surface area contributed by atoms with Gasteiger partial charge in [0, 0.05) is 53.4 Å². The van der Waals surface area contributed by atoms with Crippen molar-refractivity contribution in [2.24, 2.45) is 0 Å². The van der Waals surface area contributed by atoms with Gasteiger partial charge in [0.25, 0.3) is 0 Å². The van der Waals surface area contributed by atoms with Gasteiger partial charge in [0.05, 0.1) is 16.7 Å². The minimum atomic E-state index is 1.13. The van der Waals surface area contributed by atoms with Crippen molar-refractivity contribution in [3.05, 3.63) is 206 Å². The van der Waals surface area contributed by atoms with Crippen LogP contribution in [-0.4, -0.2) is 4.57 Å². The zero-order valence-electron chi connectivity index (χ0n) is 29.9. The SMILES string of the molecule is c1ccc(N(c2ccc(-c3ccc4sc5ccc(-c6ccc(-n7c8ccccc8c8ccccc87)cc6)cc5c4c3)cc2)c2cccc3ccccc23)cc1. The fourth-order valence-corrected chi connectivity index (χ4v) is 9.42. The van der Waals surface area contributed by atoms with E-state index in [-0.39, 0.29) is 0 Å². The first-order valence-corrected chi connectivity index (χ1v) is 19.6. The molecule has 11 aromatic rings. The maximum absolute atomic E-state index is 2.38. The van der Waals surface area contributed by atoms with Gasteiger partial charge in [-0.25, -0.2) is 0 Å². The van der Waals surface area contributed by atoms with E-state index in [0.717, 1.165) is 11.4 Å². The molecule has 0 aliphatic carbocycles. The number of fused-ring (bicyclic) bond motifs is 7. The highest BCUT2D eigenvalue weighted by atomic mass is 32.1. The number of anilines is 3. The van der Waals surface area contributed by atoms with Crippen molar-refractivity contribution in [1.29, 1.82) is 0 Å². The highest BCUT2D eigenvalue weighted by Crippen LogP contribution is 2.42. The lowest BCUT2D eigenvalue weighted by atomic mass is 9.99. The molecule has 0 saturated carbocycles. The first-order valence-electron chi connectivity index (χ1n) is 18.8. The highest BCUT2D eigenvalue weighted by Gasteiger charge is 2.16. The molecule has 0 radical (unpaired) electrons. The van der Waals surface area contributed by atoms with E-state index in [0.29, 0.717) is 0 Å². The Bertz CT molecular complexity index is 3130. The summed E-state index contributed by atoms with van der Waals surface area (Å²) in [6.07, 6.45) is 0. The third-order valence-electron chi connectivity index (χ3n) is 11.0. The van der Waals surface area contributed by atoms with E-state index in [1.54, 1.807) is 0 Å². The Labute approximate surface area is 323 Å². The summed E-state index contributed by atoms with van der Waals surface area (Å²) in [5.41, 5.74) is 11.9. The zero-order valence-corrected chi connectivity index (χ0v) is 30.7. The predicted octanol–water partition coefficient (Wildman–Crippen LogP) is 15.1. The van der Waals surface area contributed by atoms with Gasteiger partial charge >= 0.3 is 0 Å². The van der Waals surface area contributed by atoms with Crippen LogP contribution >= 0.6 is 11.3 Å². The van der Waals surface area contributed by atoms with Crippen molar-refractivity contribution in [1.82, 2.24) is 4.57 Å². The molecule has 2 aromatic heterocycles. The summed E-state index contributed by atoms with van der Waals surface area (Å²) in [6, 6.07) is 75.1. The lowest BCUT2D eigenvalue weighted by Gasteiger charge is -2.27. The minimum absolute atomic E-state index is 1.13. The molecule has 0 bridgehead atoms. The molecule has 0 N–H and O–H groups in total. The van der Waals surface area contributed by atoms with Crippen LogP contribution in [0.5, 0.6) is 0 Å². The van der Waals surface area contributed by atoms with Gasteiger partial charge in [0.15, 0.2) is 0 Å². The second kappa shape index (κ2) is 12.9. The first kappa shape index (κ1) is 31.6. The summed E-state index contributed by atoms with van der Waals surface area (Å²) in [6.45, 7) is 0. The van der Waals surface area contributed by atoms with Gasteiger partial charge in [-0.15, -0.1) is 11.3 Å². The average Bonchev–Trinajstić information content (AvgIpc) is 3.80. The molecule has 0 aliphatic rings. The van der Waals surface area contributed by atoms with Crippen molar-refractivity contribution in [3.8, 4) is 27.9 Å². The van der Waals surface area contributed by atoms with Crippen molar-refractivity contribution in [3.63, 3.8) is 0 Å². The Hall–Kier alpha value is -6.94. The smallest absolute Gasteiger partial charge is 0.0541 e. The second-order valence-electron chi connectivity index (χ2n) is 14.2. The van der Waals surface area contributed by atoms with E-state index in [1.807, 2.05) is 11.3 Å². The van der Waals surface area contributed by atoms with Gasteiger partial charge in [-0.05, 0) is 107 Å². The van der Waals surface area contributed by atoms with E-state index in [1.165, 1.54) is 86.4 Å². The molecule has 3 heteroatoms. The van der Waals surface area contributed by atoms with Crippen molar-refractivity contribution in [2.75, 3.05) is 4.90 Å². The lowest BCUT2D eigenvalue weighted by molar-refractivity contribution is 1.18. The maximum atomic E-state index is 2.38. The van der Waals surface area contributed by atoms with E-state index in [4.69, 9.17) is 0 Å². The fraction of sp³-hybridized carbons (Fsp3) is 0. The molecule has 2 heterocycles. The molecule has 11 rings (SSSR count). The number of aromatic nitrogens is 1. The molecular weight excluding hydrogens is 685 g/mol. The average molecular weight is 719 g/mol. The van der Waals surface area contributed by atoms with E-state index >= 15 is 0 Å². The molecule has 0 unspecified atom stereocenters. The summed E-state index contributed by atoms with van der Waals surface area (Å²) in [5, 5.41) is 7.62. The van der Waals surface area contributed by atoms with E-state index in [9.17, 15) is 0 Å². The molecule has 0 fully saturated rings. The third kappa shape index (κ3) is 5.32. The number of benzene rings is 9. The van der Waals surface area contributed by atoms with Crippen LogP contribution in [0.2, 0.25) is 0 Å². The van der Waals surface area contributed by atoms with Crippen molar-refractivity contribution >= 4 is 81.1 Å². The van der Waals surface area contributed by atoms with Crippen LogP contribution < -0.4 is 4.90 Å². The number of hydrogen-bond acceptors (Lipinski definition) is 2. The van der Waals surface area contributed by atoms with Crippen molar-refractivity contribution < 1.29 is 0 Å². The van der Waals surface area contributed by atoms with Gasteiger partial charge < -0.3 is 9.47 Å². The highest BCUT2D eigenvalue weighted by molar-refractivity contribution is 7.25. The van der Waals surface area contributed by atoms with Gasteiger partial charge in [0.2, 0.25) is 0 Å². The van der Waals surface area contributed by atoms with Crippen LogP contribution in [0.15, 0.2) is 206 Å². The monoisotopic (exact) mass is 718 g/mol. The Kier molecular flexibility index (Phi) is 7.39. The molecule has 9 aromatic carbocycles. The zero-order chi connectivity index (χ0) is 36.3. The molecule has 258 valence electrons. The largest absolute Gasteiger partial charge is 0.310 e. The quantitative estimate of drug-likeness (QED) is 0.166. The molecule has 0 aliphatic heterocycles. The van der Waals surface area contributed by atoms with Gasteiger partial charge in [0.1, 0.15) is 0 Å². The number of rotatable bonds is 6. The Balaban J connectivity index is 0.944. The van der Waals surface area contributed by atoms with Crippen LogP contribution in [-0.2, 0) is 0 Å². The fourth-order valence-electron chi connectivity index (χ4n) is 8.35. The Morgan fingerprint density at radius 1 is 0.345 bits per heavy atom. The Morgan fingerprint density at radius 3 is 1.47 bits per heavy atom. The normalized spacial score (nSPS) is 11.6. The Morgan fingerprint density at radius 2 is 0.836 bits per heavy atom. The number of para-hydroxylation sites is 3. The molecule has 0 amide bonds. The number of nitrogens with zero attached hydrogens (tertiary/aromatic N) is 2. The molecule has 0 spiro atoms. The first-order chi connectivity index (χ1) is 27.3. The lowest BCUT2D eigenvalue weighted by Crippen LogP contribution is -2.10. The molecular formula is C52H34N2S. The molecule has 55 heavy (non-hydrogen) atoms. The molecule has 0 atom stereocenters. The summed E-state index contributed by atoms with van der Waals surface area (Å²) in [5.74, 6) is 0. The van der Waals surface area contributed by atoms with Crippen LogP contribution in [0.3, 0.4) is 0 Å². The molecule has 0 saturated heterocycles. The predicted molar refractivity (Wildman–Crippen MR) is 237 cm³/mol. The van der Waals surface area contributed by atoms with E-state index in [2.05, 4.69) is 216 Å². The van der Waals surface area contributed by atoms with Crippen LogP contribution in [0.25, 0.3) is 80.7 Å². The third-order valence-corrected chi connectivity index (χ3v) is 12.1. The summed E-state index contributed by atoms with van der Waals surface area (Å²) >= 11 is 1.86. The minimum Gasteiger partial charge on any atom is -0.310 e. The van der Waals surface area contributed by atoms with Gasteiger partial charge in [-0.2, -0.15) is 0 Å². The maximum Gasteiger partial charge on any atom is 0.0541 e. The second-order valence-corrected chi connectivity index (χ2v) is 15.2. The van der Waals surface area contributed by atoms with E-state index < -0.39 is 0 Å². The summed E-state index contributed by atoms with van der Waals surface area (Å²) in [7, 11) is 0. The summed E-state index contributed by atoms with van der Waals surface area (Å²) in [4.78, 5) is 2.36. The van der Waals surface area contributed by atoms with Crippen LogP contribution in [0.1, 0.15) is 0 Å². The topological polar surface area (TPSA) is 8.17 Å². The summed E-state index contributed by atoms with van der Waals surface area (Å²) < 4.78 is 4.99. The van der Waals surface area contributed by atoms with Crippen LogP contribution in [0.4, 0.5) is 17.1 Å². The number of hydrogen-bond donors (Lipinski definition) is 0. The van der Waals surface area contributed by atoms with Crippen LogP contribution in [0, 0.1) is 0 Å². The van der Waals surface area contributed by atoms with Crippen molar-refractivity contribution in [2.45, 2.75) is 0 Å². The van der Waals surface area contributed by atoms with Gasteiger partial charge in [-0.3, -0.25) is 0 Å². The molecule has 2 nitrogen and oxygen atoms in total. The standard InChI is InChI=1S/C52H34N2S/c1-2-13-40(14-3-1)53(48-20-10-12-37-11-4-5-15-43(37)48)41-27-21-35(22-28-41)38-25-31-51-46(33-38)47-34-39(26-32-52(47)55-51)36-23-29-42(30-24-36)54-49-18-8-6-16-44(49)45-17-7-9-19-50(45)54/h1-34H. The number of thiophene rings is 1. The van der Waals surface area contributed by atoms with Gasteiger partial charge in [-0.1, -0.05) is 127 Å².